The number of hydrogen-bond donors (Lipinski definition) is 2. The van der Waals surface area contributed by atoms with Crippen LogP contribution in [-0.2, 0) is 17.9 Å². The van der Waals surface area contributed by atoms with Gasteiger partial charge in [0.25, 0.3) is 17.4 Å². The SMILES string of the molecule is CCn1c(=O)c2ccccc2n(CC(=O)NNC(=O)c2ccccc2Cl)c1=O. The van der Waals surface area contributed by atoms with Crippen molar-refractivity contribution < 1.29 is 9.59 Å². The first-order valence-electron chi connectivity index (χ1n) is 8.50. The van der Waals surface area contributed by atoms with Gasteiger partial charge in [0, 0.05) is 6.54 Å². The highest BCUT2D eigenvalue weighted by molar-refractivity contribution is 6.33. The van der Waals surface area contributed by atoms with Gasteiger partial charge in [0.15, 0.2) is 0 Å². The zero-order valence-corrected chi connectivity index (χ0v) is 15.7. The Kier molecular flexibility index (Phi) is 5.60. The van der Waals surface area contributed by atoms with Gasteiger partial charge in [-0.2, -0.15) is 0 Å². The van der Waals surface area contributed by atoms with Crippen LogP contribution in [0.25, 0.3) is 10.9 Å². The summed E-state index contributed by atoms with van der Waals surface area (Å²) in [5.41, 5.74) is 4.05. The van der Waals surface area contributed by atoms with Crippen LogP contribution in [0.5, 0.6) is 0 Å². The third-order valence-corrected chi connectivity index (χ3v) is 4.51. The maximum absolute atomic E-state index is 12.6. The van der Waals surface area contributed by atoms with Crippen LogP contribution in [-0.4, -0.2) is 20.9 Å². The van der Waals surface area contributed by atoms with Crippen molar-refractivity contribution in [3.8, 4) is 0 Å². The molecule has 0 saturated heterocycles. The molecule has 1 heterocycles. The average Bonchev–Trinajstić information content (AvgIpc) is 2.70. The van der Waals surface area contributed by atoms with Crippen LogP contribution in [0.1, 0.15) is 17.3 Å². The Labute approximate surface area is 164 Å². The largest absolute Gasteiger partial charge is 0.331 e. The van der Waals surface area contributed by atoms with Crippen molar-refractivity contribution >= 4 is 34.3 Å². The van der Waals surface area contributed by atoms with E-state index < -0.39 is 23.1 Å². The van der Waals surface area contributed by atoms with Crippen LogP contribution in [0.3, 0.4) is 0 Å². The lowest BCUT2D eigenvalue weighted by Gasteiger charge is -2.13. The summed E-state index contributed by atoms with van der Waals surface area (Å²) in [4.78, 5) is 49.4. The van der Waals surface area contributed by atoms with Crippen LogP contribution in [0.4, 0.5) is 0 Å². The first kappa shape index (κ1) is 19.4. The number of nitrogens with zero attached hydrogens (tertiary/aromatic N) is 2. The number of amides is 2. The number of carbonyl (C=O) groups is 2. The summed E-state index contributed by atoms with van der Waals surface area (Å²) >= 11 is 5.95. The van der Waals surface area contributed by atoms with Gasteiger partial charge in [0.1, 0.15) is 6.54 Å². The van der Waals surface area contributed by atoms with Crippen LogP contribution in [0.2, 0.25) is 5.02 Å². The molecule has 0 aliphatic carbocycles. The van der Waals surface area contributed by atoms with E-state index in [9.17, 15) is 19.2 Å². The minimum atomic E-state index is -0.631. The number of benzene rings is 2. The second-order valence-corrected chi connectivity index (χ2v) is 6.32. The van der Waals surface area contributed by atoms with Gasteiger partial charge < -0.3 is 0 Å². The maximum atomic E-state index is 12.6. The van der Waals surface area contributed by atoms with Crippen LogP contribution >= 0.6 is 11.6 Å². The molecule has 0 atom stereocenters. The molecule has 0 aliphatic rings. The fourth-order valence-electron chi connectivity index (χ4n) is 2.82. The zero-order chi connectivity index (χ0) is 20.3. The van der Waals surface area contributed by atoms with E-state index in [2.05, 4.69) is 10.9 Å². The number of para-hydroxylation sites is 1. The molecule has 28 heavy (non-hydrogen) atoms. The summed E-state index contributed by atoms with van der Waals surface area (Å²) in [5.74, 6) is -1.22. The summed E-state index contributed by atoms with van der Waals surface area (Å²) in [6, 6.07) is 12.9. The number of fused-ring (bicyclic) bond motifs is 1. The monoisotopic (exact) mass is 400 g/mol. The molecule has 144 valence electrons. The summed E-state index contributed by atoms with van der Waals surface area (Å²) in [7, 11) is 0. The molecule has 3 rings (SSSR count). The summed E-state index contributed by atoms with van der Waals surface area (Å²) in [6.45, 7) is 1.47. The third-order valence-electron chi connectivity index (χ3n) is 4.18. The van der Waals surface area contributed by atoms with Crippen molar-refractivity contribution in [2.24, 2.45) is 0 Å². The van der Waals surface area contributed by atoms with E-state index in [1.54, 1.807) is 49.4 Å². The van der Waals surface area contributed by atoms with E-state index in [0.29, 0.717) is 10.9 Å². The molecule has 0 fully saturated rings. The number of carbonyl (C=O) groups excluding carboxylic acids is 2. The molecule has 2 amide bonds. The number of aromatic nitrogens is 2. The summed E-state index contributed by atoms with van der Waals surface area (Å²) in [6.07, 6.45) is 0. The zero-order valence-electron chi connectivity index (χ0n) is 14.9. The summed E-state index contributed by atoms with van der Waals surface area (Å²) in [5, 5.41) is 0.573. The molecule has 0 radical (unpaired) electrons. The van der Waals surface area contributed by atoms with E-state index >= 15 is 0 Å². The summed E-state index contributed by atoms with van der Waals surface area (Å²) < 4.78 is 2.25. The number of nitrogens with one attached hydrogen (secondary N) is 2. The molecule has 3 aromatic rings. The molecule has 0 unspecified atom stereocenters. The molecule has 0 aliphatic heterocycles. The van der Waals surface area contributed by atoms with Crippen LogP contribution in [0, 0.1) is 0 Å². The van der Waals surface area contributed by atoms with E-state index in [1.165, 1.54) is 10.6 Å². The van der Waals surface area contributed by atoms with Crippen molar-refractivity contribution in [1.82, 2.24) is 20.0 Å². The van der Waals surface area contributed by atoms with Gasteiger partial charge in [-0.1, -0.05) is 35.9 Å². The van der Waals surface area contributed by atoms with E-state index in [4.69, 9.17) is 11.6 Å². The lowest BCUT2D eigenvalue weighted by Crippen LogP contribution is -2.46. The Morgan fingerprint density at radius 1 is 0.964 bits per heavy atom. The molecule has 2 N–H and O–H groups in total. The lowest BCUT2D eigenvalue weighted by atomic mass is 10.2. The lowest BCUT2D eigenvalue weighted by molar-refractivity contribution is -0.122. The number of hydrazine groups is 1. The van der Waals surface area contributed by atoms with Crippen molar-refractivity contribution in [1.29, 1.82) is 0 Å². The molecular weight excluding hydrogens is 384 g/mol. The second-order valence-electron chi connectivity index (χ2n) is 5.92. The smallest absolute Gasteiger partial charge is 0.284 e. The van der Waals surface area contributed by atoms with Crippen LogP contribution in [0.15, 0.2) is 58.1 Å². The quantitative estimate of drug-likeness (QED) is 0.644. The third kappa shape index (κ3) is 3.67. The highest BCUT2D eigenvalue weighted by Crippen LogP contribution is 2.14. The molecule has 0 spiro atoms. The average molecular weight is 401 g/mol. The highest BCUT2D eigenvalue weighted by atomic mass is 35.5. The maximum Gasteiger partial charge on any atom is 0.331 e. The number of rotatable bonds is 4. The van der Waals surface area contributed by atoms with Crippen molar-refractivity contribution in [3.05, 3.63) is 80.0 Å². The standard InChI is InChI=1S/C19H17ClN4O4/c1-2-23-18(27)13-8-4-6-10-15(13)24(19(23)28)11-16(25)21-22-17(26)12-7-3-5-9-14(12)20/h3-10H,2,11H2,1H3,(H,21,25)(H,22,26). The predicted octanol–water partition coefficient (Wildman–Crippen LogP) is 1.30. The topological polar surface area (TPSA) is 102 Å². The second kappa shape index (κ2) is 8.10. The normalized spacial score (nSPS) is 10.6. The van der Waals surface area contributed by atoms with Gasteiger partial charge in [-0.3, -0.25) is 34.4 Å². The molecule has 2 aromatic carbocycles. The fraction of sp³-hybridized carbons (Fsp3) is 0.158. The first-order chi connectivity index (χ1) is 13.4. The minimum absolute atomic E-state index is 0.174. The van der Waals surface area contributed by atoms with E-state index in [1.807, 2.05) is 0 Å². The van der Waals surface area contributed by atoms with Gasteiger partial charge in [0.2, 0.25) is 0 Å². The minimum Gasteiger partial charge on any atom is -0.284 e. The van der Waals surface area contributed by atoms with E-state index in [0.717, 1.165) is 4.57 Å². The molecule has 1 aromatic heterocycles. The van der Waals surface area contributed by atoms with Crippen molar-refractivity contribution in [2.75, 3.05) is 0 Å². The molecule has 0 saturated carbocycles. The van der Waals surface area contributed by atoms with Crippen LogP contribution < -0.4 is 22.1 Å². The fourth-order valence-corrected chi connectivity index (χ4v) is 3.05. The van der Waals surface area contributed by atoms with Crippen molar-refractivity contribution in [3.63, 3.8) is 0 Å². The molecule has 8 nitrogen and oxygen atoms in total. The Bertz CT molecular complexity index is 1180. The predicted molar refractivity (Wildman–Crippen MR) is 105 cm³/mol. The Hall–Kier alpha value is -3.39. The van der Waals surface area contributed by atoms with E-state index in [-0.39, 0.29) is 23.7 Å². The van der Waals surface area contributed by atoms with Gasteiger partial charge in [0.05, 0.1) is 21.5 Å². The van der Waals surface area contributed by atoms with Crippen molar-refractivity contribution in [2.45, 2.75) is 20.0 Å². The van der Waals surface area contributed by atoms with Gasteiger partial charge in [-0.05, 0) is 31.2 Å². The Morgan fingerprint density at radius 2 is 1.64 bits per heavy atom. The van der Waals surface area contributed by atoms with Gasteiger partial charge in [-0.25, -0.2) is 4.79 Å². The molecule has 0 bridgehead atoms. The Morgan fingerprint density at radius 3 is 2.36 bits per heavy atom. The number of halogens is 1. The molecule has 9 heteroatoms. The Balaban J connectivity index is 1.84. The number of hydrogen-bond acceptors (Lipinski definition) is 4. The van der Waals surface area contributed by atoms with Gasteiger partial charge in [-0.15, -0.1) is 0 Å². The first-order valence-corrected chi connectivity index (χ1v) is 8.88. The highest BCUT2D eigenvalue weighted by Gasteiger charge is 2.15. The van der Waals surface area contributed by atoms with Gasteiger partial charge >= 0.3 is 5.69 Å². The molecular formula is C19H17ClN4O4.